The molecule has 1 saturated heterocycles. The highest BCUT2D eigenvalue weighted by Crippen LogP contribution is 2.42. The summed E-state index contributed by atoms with van der Waals surface area (Å²) in [5, 5.41) is 7.44. The zero-order valence-electron chi connectivity index (χ0n) is 10.3. The summed E-state index contributed by atoms with van der Waals surface area (Å²) in [6.45, 7) is 4.17. The zero-order chi connectivity index (χ0) is 11.8. The third-order valence-corrected chi connectivity index (χ3v) is 3.85. The molecule has 1 aliphatic heterocycles. The number of hydrogen-bond acceptors (Lipinski definition) is 5. The van der Waals surface area contributed by atoms with Crippen LogP contribution in [0.15, 0.2) is 4.52 Å². The predicted molar refractivity (Wildman–Crippen MR) is 61.5 cm³/mol. The quantitative estimate of drug-likeness (QED) is 0.859. The van der Waals surface area contributed by atoms with Crippen molar-refractivity contribution in [1.29, 1.82) is 0 Å². The van der Waals surface area contributed by atoms with Gasteiger partial charge in [-0.3, -0.25) is 0 Å². The first-order chi connectivity index (χ1) is 8.29. The second-order valence-electron chi connectivity index (χ2n) is 5.23. The van der Waals surface area contributed by atoms with Crippen molar-refractivity contribution in [3.8, 4) is 0 Å². The summed E-state index contributed by atoms with van der Waals surface area (Å²) in [5.41, 5.74) is 0. The SMILES string of the molecule is COC(c1noc(C2CNCC2C)n1)C1CC1. The molecule has 2 aliphatic rings. The van der Waals surface area contributed by atoms with Crippen LogP contribution < -0.4 is 5.32 Å². The van der Waals surface area contributed by atoms with Crippen LogP contribution in [-0.2, 0) is 4.74 Å². The van der Waals surface area contributed by atoms with E-state index in [9.17, 15) is 0 Å². The molecule has 0 bridgehead atoms. The maximum Gasteiger partial charge on any atom is 0.231 e. The molecule has 94 valence electrons. The monoisotopic (exact) mass is 237 g/mol. The van der Waals surface area contributed by atoms with Crippen LogP contribution in [0, 0.1) is 11.8 Å². The molecular formula is C12H19N3O2. The number of nitrogens with zero attached hydrogens (tertiary/aromatic N) is 2. The molecule has 2 fully saturated rings. The molecule has 1 aromatic rings. The van der Waals surface area contributed by atoms with Gasteiger partial charge in [-0.2, -0.15) is 4.98 Å². The molecule has 5 heteroatoms. The van der Waals surface area contributed by atoms with Crippen LogP contribution in [0.5, 0.6) is 0 Å². The second kappa shape index (κ2) is 4.38. The van der Waals surface area contributed by atoms with E-state index >= 15 is 0 Å². The van der Waals surface area contributed by atoms with E-state index < -0.39 is 0 Å². The van der Waals surface area contributed by atoms with Crippen molar-refractivity contribution >= 4 is 0 Å². The van der Waals surface area contributed by atoms with E-state index in [1.165, 1.54) is 12.8 Å². The molecular weight excluding hydrogens is 218 g/mol. The smallest absolute Gasteiger partial charge is 0.231 e. The Bertz CT molecular complexity index is 372. The molecule has 3 rings (SSSR count). The number of hydrogen-bond donors (Lipinski definition) is 1. The van der Waals surface area contributed by atoms with Gasteiger partial charge in [0.1, 0.15) is 6.10 Å². The largest absolute Gasteiger partial charge is 0.373 e. The van der Waals surface area contributed by atoms with E-state index in [1.54, 1.807) is 7.11 Å². The summed E-state index contributed by atoms with van der Waals surface area (Å²) < 4.78 is 10.9. The summed E-state index contributed by atoms with van der Waals surface area (Å²) in [6, 6.07) is 0. The van der Waals surface area contributed by atoms with Crippen molar-refractivity contribution in [2.24, 2.45) is 11.8 Å². The molecule has 1 saturated carbocycles. The first kappa shape index (κ1) is 11.2. The summed E-state index contributed by atoms with van der Waals surface area (Å²) in [6.07, 6.45) is 2.45. The van der Waals surface area contributed by atoms with E-state index in [0.717, 1.165) is 24.8 Å². The number of methoxy groups -OCH3 is 1. The minimum atomic E-state index is 0.0252. The van der Waals surface area contributed by atoms with E-state index in [4.69, 9.17) is 9.26 Å². The highest BCUT2D eigenvalue weighted by atomic mass is 16.5. The molecule has 1 aromatic heterocycles. The fraction of sp³-hybridized carbons (Fsp3) is 0.833. The van der Waals surface area contributed by atoms with Crippen LogP contribution in [-0.4, -0.2) is 30.3 Å². The number of aromatic nitrogens is 2. The molecule has 1 N–H and O–H groups in total. The molecule has 2 heterocycles. The topological polar surface area (TPSA) is 60.2 Å². The second-order valence-corrected chi connectivity index (χ2v) is 5.23. The number of rotatable bonds is 4. The highest BCUT2D eigenvalue weighted by Gasteiger charge is 2.37. The minimum Gasteiger partial charge on any atom is -0.373 e. The maximum atomic E-state index is 5.46. The van der Waals surface area contributed by atoms with Gasteiger partial charge in [0.2, 0.25) is 11.7 Å². The Labute approximate surface area is 101 Å². The van der Waals surface area contributed by atoms with Crippen LogP contribution in [0.1, 0.15) is 43.5 Å². The molecule has 0 radical (unpaired) electrons. The van der Waals surface area contributed by atoms with Crippen LogP contribution in [0.4, 0.5) is 0 Å². The van der Waals surface area contributed by atoms with E-state index in [0.29, 0.717) is 17.8 Å². The Hall–Kier alpha value is -0.940. The molecule has 17 heavy (non-hydrogen) atoms. The first-order valence-corrected chi connectivity index (χ1v) is 6.36. The molecule has 0 aromatic carbocycles. The Morgan fingerprint density at radius 3 is 2.82 bits per heavy atom. The van der Waals surface area contributed by atoms with Gasteiger partial charge in [-0.15, -0.1) is 0 Å². The van der Waals surface area contributed by atoms with Gasteiger partial charge in [0, 0.05) is 13.7 Å². The molecule has 3 unspecified atom stereocenters. The average molecular weight is 237 g/mol. The summed E-state index contributed by atoms with van der Waals surface area (Å²) >= 11 is 0. The number of ether oxygens (including phenoxy) is 1. The van der Waals surface area contributed by atoms with Crippen molar-refractivity contribution in [3.63, 3.8) is 0 Å². The van der Waals surface area contributed by atoms with Crippen LogP contribution >= 0.6 is 0 Å². The lowest BCUT2D eigenvalue weighted by Gasteiger charge is -2.09. The van der Waals surface area contributed by atoms with Crippen molar-refractivity contribution < 1.29 is 9.26 Å². The van der Waals surface area contributed by atoms with Crippen LogP contribution in [0.2, 0.25) is 0 Å². The van der Waals surface area contributed by atoms with Crippen molar-refractivity contribution in [1.82, 2.24) is 15.5 Å². The fourth-order valence-corrected chi connectivity index (χ4v) is 2.56. The van der Waals surface area contributed by atoms with Gasteiger partial charge in [0.05, 0.1) is 5.92 Å². The van der Waals surface area contributed by atoms with E-state index in [2.05, 4.69) is 22.4 Å². The van der Waals surface area contributed by atoms with Crippen molar-refractivity contribution in [3.05, 3.63) is 11.7 Å². The lowest BCUT2D eigenvalue weighted by atomic mass is 9.98. The molecule has 3 atom stereocenters. The zero-order valence-corrected chi connectivity index (χ0v) is 10.3. The summed E-state index contributed by atoms with van der Waals surface area (Å²) in [7, 11) is 1.72. The standard InChI is InChI=1S/C12H19N3O2/c1-7-5-13-6-9(7)12-14-11(15-17-12)10(16-2)8-3-4-8/h7-10,13H,3-6H2,1-2H3. The van der Waals surface area contributed by atoms with Gasteiger partial charge in [0.15, 0.2) is 0 Å². The van der Waals surface area contributed by atoms with Gasteiger partial charge < -0.3 is 14.6 Å². The minimum absolute atomic E-state index is 0.0252. The lowest BCUT2D eigenvalue weighted by Crippen LogP contribution is -2.09. The maximum absolute atomic E-state index is 5.46. The Morgan fingerprint density at radius 2 is 2.24 bits per heavy atom. The first-order valence-electron chi connectivity index (χ1n) is 6.36. The van der Waals surface area contributed by atoms with Crippen LogP contribution in [0.25, 0.3) is 0 Å². The Morgan fingerprint density at radius 1 is 1.41 bits per heavy atom. The predicted octanol–water partition coefficient (Wildman–Crippen LogP) is 1.49. The lowest BCUT2D eigenvalue weighted by molar-refractivity contribution is 0.0751. The van der Waals surface area contributed by atoms with Gasteiger partial charge in [-0.25, -0.2) is 0 Å². The van der Waals surface area contributed by atoms with Crippen molar-refractivity contribution in [2.45, 2.75) is 31.8 Å². The Balaban J connectivity index is 1.77. The Kier molecular flexibility index (Phi) is 2.88. The van der Waals surface area contributed by atoms with E-state index in [-0.39, 0.29) is 6.10 Å². The van der Waals surface area contributed by atoms with Gasteiger partial charge >= 0.3 is 0 Å². The molecule has 1 aliphatic carbocycles. The third kappa shape index (κ3) is 2.09. The van der Waals surface area contributed by atoms with Gasteiger partial charge in [-0.05, 0) is 31.2 Å². The van der Waals surface area contributed by atoms with Crippen molar-refractivity contribution in [2.75, 3.05) is 20.2 Å². The van der Waals surface area contributed by atoms with Crippen LogP contribution in [0.3, 0.4) is 0 Å². The molecule has 0 spiro atoms. The summed E-state index contributed by atoms with van der Waals surface area (Å²) in [5.74, 6) is 2.99. The highest BCUT2D eigenvalue weighted by molar-refractivity contribution is 5.04. The molecule has 5 nitrogen and oxygen atoms in total. The number of nitrogens with one attached hydrogen (secondary N) is 1. The fourth-order valence-electron chi connectivity index (χ4n) is 2.56. The van der Waals surface area contributed by atoms with Gasteiger partial charge in [0.25, 0.3) is 0 Å². The molecule has 0 amide bonds. The average Bonchev–Trinajstić information content (AvgIpc) is 2.87. The summed E-state index contributed by atoms with van der Waals surface area (Å²) in [4.78, 5) is 4.53. The third-order valence-electron chi connectivity index (χ3n) is 3.85. The van der Waals surface area contributed by atoms with E-state index in [1.807, 2.05) is 0 Å². The normalized spacial score (nSPS) is 30.7. The van der Waals surface area contributed by atoms with Gasteiger partial charge in [-0.1, -0.05) is 12.1 Å².